The van der Waals surface area contributed by atoms with Crippen molar-refractivity contribution in [3.05, 3.63) is 71.3 Å². The van der Waals surface area contributed by atoms with Gasteiger partial charge in [-0.25, -0.2) is 0 Å². The first-order chi connectivity index (χ1) is 10.7. The average Bonchev–Trinajstić information content (AvgIpc) is 2.54. The molecule has 2 aromatic rings. The van der Waals surface area contributed by atoms with E-state index in [1.807, 2.05) is 0 Å². The predicted molar refractivity (Wildman–Crippen MR) is 89.9 cm³/mol. The number of benzene rings is 2. The van der Waals surface area contributed by atoms with E-state index in [2.05, 4.69) is 54.6 Å². The fraction of sp³-hybridized carbons (Fsp3) is 0.350. The molecule has 116 valence electrons. The molecule has 0 amide bonds. The third kappa shape index (κ3) is 6.13. The second kappa shape index (κ2) is 9.04. The van der Waals surface area contributed by atoms with Crippen molar-refractivity contribution in [3.8, 4) is 0 Å². The first kappa shape index (κ1) is 16.3. The van der Waals surface area contributed by atoms with E-state index in [4.69, 9.17) is 4.74 Å². The largest absolute Gasteiger partial charge is 0.466 e. The van der Waals surface area contributed by atoms with Crippen molar-refractivity contribution < 1.29 is 9.53 Å². The molecule has 0 saturated heterocycles. The maximum atomic E-state index is 10.7. The number of carbonyl (C=O) groups is 1. The third-order valence-corrected chi connectivity index (χ3v) is 3.73. The van der Waals surface area contributed by atoms with Crippen LogP contribution in [-0.2, 0) is 28.8 Å². The van der Waals surface area contributed by atoms with Crippen molar-refractivity contribution in [1.29, 1.82) is 0 Å². The van der Waals surface area contributed by atoms with E-state index in [-0.39, 0.29) is 5.97 Å². The van der Waals surface area contributed by atoms with Crippen LogP contribution in [0.15, 0.2) is 54.6 Å². The average molecular weight is 296 g/mol. The molecule has 2 aromatic carbocycles. The zero-order valence-electron chi connectivity index (χ0n) is 13.3. The molecule has 0 aliphatic carbocycles. The van der Waals surface area contributed by atoms with Gasteiger partial charge in [0.2, 0.25) is 0 Å². The maximum absolute atomic E-state index is 10.7. The Morgan fingerprint density at radius 2 is 1.32 bits per heavy atom. The van der Waals surface area contributed by atoms with E-state index in [9.17, 15) is 4.79 Å². The molecule has 2 heteroatoms. The molecular formula is C20H24O2. The molecule has 2 rings (SSSR count). The molecule has 0 saturated carbocycles. The Morgan fingerprint density at radius 3 is 1.91 bits per heavy atom. The minimum Gasteiger partial charge on any atom is -0.466 e. The molecule has 22 heavy (non-hydrogen) atoms. The molecule has 0 N–H and O–H groups in total. The quantitative estimate of drug-likeness (QED) is 0.534. The van der Waals surface area contributed by atoms with Gasteiger partial charge in [0.05, 0.1) is 6.61 Å². The summed E-state index contributed by atoms with van der Waals surface area (Å²) in [5.41, 5.74) is 4.12. The number of esters is 1. The van der Waals surface area contributed by atoms with Crippen LogP contribution in [0.3, 0.4) is 0 Å². The molecule has 0 aromatic heterocycles. The number of ether oxygens (including phenoxy) is 1. The van der Waals surface area contributed by atoms with E-state index in [1.54, 1.807) is 0 Å². The van der Waals surface area contributed by atoms with Crippen LogP contribution in [0.5, 0.6) is 0 Å². The standard InChI is InChI=1S/C20H24O2/c1-17(21)22-16-6-5-9-19-11-14-20(15-12-19)13-10-18-7-3-2-4-8-18/h2-4,7-8,11-12,14-15H,5-6,9-10,13,16H2,1H3. The minimum absolute atomic E-state index is 0.192. The number of hydrogen-bond acceptors (Lipinski definition) is 2. The molecule has 0 radical (unpaired) electrons. The lowest BCUT2D eigenvalue weighted by Crippen LogP contribution is -2.00. The SMILES string of the molecule is CC(=O)OCCCCc1ccc(CCc2ccccc2)cc1. The third-order valence-electron chi connectivity index (χ3n) is 3.73. The first-order valence-electron chi connectivity index (χ1n) is 7.99. The van der Waals surface area contributed by atoms with Crippen LogP contribution >= 0.6 is 0 Å². The molecule has 0 fully saturated rings. The lowest BCUT2D eigenvalue weighted by molar-refractivity contribution is -0.141. The number of rotatable bonds is 8. The van der Waals surface area contributed by atoms with Gasteiger partial charge in [-0.15, -0.1) is 0 Å². The van der Waals surface area contributed by atoms with Crippen LogP contribution in [0.1, 0.15) is 36.5 Å². The van der Waals surface area contributed by atoms with Gasteiger partial charge >= 0.3 is 5.97 Å². The van der Waals surface area contributed by atoms with Crippen molar-refractivity contribution in [2.45, 2.75) is 39.0 Å². The molecule has 0 bridgehead atoms. The molecule has 0 aliphatic rings. The van der Waals surface area contributed by atoms with Crippen LogP contribution in [0.25, 0.3) is 0 Å². The lowest BCUT2D eigenvalue weighted by atomic mass is 10.0. The van der Waals surface area contributed by atoms with Crippen LogP contribution < -0.4 is 0 Å². The van der Waals surface area contributed by atoms with Crippen LogP contribution in [0.2, 0.25) is 0 Å². The van der Waals surface area contributed by atoms with Gasteiger partial charge in [-0.05, 0) is 48.8 Å². The van der Waals surface area contributed by atoms with Gasteiger partial charge < -0.3 is 4.74 Å². The first-order valence-corrected chi connectivity index (χ1v) is 7.99. The van der Waals surface area contributed by atoms with E-state index in [0.717, 1.165) is 32.1 Å². The van der Waals surface area contributed by atoms with Gasteiger partial charge in [0.15, 0.2) is 0 Å². The van der Waals surface area contributed by atoms with Crippen LogP contribution in [0.4, 0.5) is 0 Å². The van der Waals surface area contributed by atoms with Crippen molar-refractivity contribution in [2.24, 2.45) is 0 Å². The van der Waals surface area contributed by atoms with Gasteiger partial charge in [-0.1, -0.05) is 54.6 Å². The van der Waals surface area contributed by atoms with Gasteiger partial charge in [-0.3, -0.25) is 4.79 Å². The predicted octanol–water partition coefficient (Wildman–Crippen LogP) is 4.36. The Balaban J connectivity index is 1.70. The number of hydrogen-bond donors (Lipinski definition) is 0. The Kier molecular flexibility index (Phi) is 6.69. The number of unbranched alkanes of at least 4 members (excludes halogenated alkanes) is 1. The monoisotopic (exact) mass is 296 g/mol. The van der Waals surface area contributed by atoms with Gasteiger partial charge in [-0.2, -0.15) is 0 Å². The summed E-state index contributed by atoms with van der Waals surface area (Å²) < 4.78 is 4.93. The van der Waals surface area contributed by atoms with Crippen molar-refractivity contribution in [3.63, 3.8) is 0 Å². The Labute approximate surface area is 133 Å². The summed E-state index contributed by atoms with van der Waals surface area (Å²) in [6.07, 6.45) is 5.19. The molecule has 0 unspecified atom stereocenters. The highest BCUT2D eigenvalue weighted by Crippen LogP contribution is 2.11. The summed E-state index contributed by atoms with van der Waals surface area (Å²) in [6.45, 7) is 1.98. The van der Waals surface area contributed by atoms with E-state index >= 15 is 0 Å². The second-order valence-electron chi connectivity index (χ2n) is 5.60. The van der Waals surface area contributed by atoms with E-state index in [1.165, 1.54) is 23.6 Å². The number of aryl methyl sites for hydroxylation is 3. The minimum atomic E-state index is -0.192. The van der Waals surface area contributed by atoms with Crippen molar-refractivity contribution in [2.75, 3.05) is 6.61 Å². The molecule has 0 aliphatic heterocycles. The summed E-state index contributed by atoms with van der Waals surface area (Å²) in [4.78, 5) is 10.7. The zero-order valence-corrected chi connectivity index (χ0v) is 13.3. The topological polar surface area (TPSA) is 26.3 Å². The lowest BCUT2D eigenvalue weighted by Gasteiger charge is -2.05. The van der Waals surface area contributed by atoms with Crippen molar-refractivity contribution >= 4 is 5.97 Å². The molecule has 0 atom stereocenters. The molecule has 2 nitrogen and oxygen atoms in total. The highest BCUT2D eigenvalue weighted by molar-refractivity contribution is 5.65. The fourth-order valence-corrected chi connectivity index (χ4v) is 2.45. The normalized spacial score (nSPS) is 10.4. The van der Waals surface area contributed by atoms with Crippen LogP contribution in [0, 0.1) is 0 Å². The molecule has 0 heterocycles. The zero-order chi connectivity index (χ0) is 15.6. The fourth-order valence-electron chi connectivity index (χ4n) is 2.45. The summed E-state index contributed by atoms with van der Waals surface area (Å²) >= 11 is 0. The smallest absolute Gasteiger partial charge is 0.302 e. The molecular weight excluding hydrogens is 272 g/mol. The molecule has 0 spiro atoms. The van der Waals surface area contributed by atoms with Crippen LogP contribution in [-0.4, -0.2) is 12.6 Å². The summed E-state index contributed by atoms with van der Waals surface area (Å²) in [7, 11) is 0. The second-order valence-corrected chi connectivity index (χ2v) is 5.60. The highest BCUT2D eigenvalue weighted by atomic mass is 16.5. The summed E-state index contributed by atoms with van der Waals surface area (Å²) in [5.74, 6) is -0.192. The number of carbonyl (C=O) groups excluding carboxylic acids is 1. The van der Waals surface area contributed by atoms with E-state index in [0.29, 0.717) is 6.61 Å². The summed E-state index contributed by atoms with van der Waals surface area (Å²) in [5, 5.41) is 0. The van der Waals surface area contributed by atoms with Gasteiger partial charge in [0.1, 0.15) is 0 Å². The van der Waals surface area contributed by atoms with E-state index < -0.39 is 0 Å². The Bertz CT molecular complexity index is 558. The van der Waals surface area contributed by atoms with Crippen molar-refractivity contribution in [1.82, 2.24) is 0 Å². The van der Waals surface area contributed by atoms with Gasteiger partial charge in [0, 0.05) is 6.92 Å². The van der Waals surface area contributed by atoms with Gasteiger partial charge in [0.25, 0.3) is 0 Å². The highest BCUT2D eigenvalue weighted by Gasteiger charge is 1.98. The summed E-state index contributed by atoms with van der Waals surface area (Å²) in [6, 6.07) is 19.5. The Hall–Kier alpha value is -2.09. The Morgan fingerprint density at radius 1 is 0.773 bits per heavy atom. The maximum Gasteiger partial charge on any atom is 0.302 e.